The number of fused-ring (bicyclic) bond motifs is 2. The van der Waals surface area contributed by atoms with Crippen LogP contribution in [0.15, 0.2) is 76.7 Å². The van der Waals surface area contributed by atoms with E-state index in [2.05, 4.69) is 26.0 Å². The number of rotatable bonds is 5. The molecule has 162 valence electrons. The molecule has 0 saturated heterocycles. The Kier molecular flexibility index (Phi) is 5.57. The maximum absolute atomic E-state index is 13.7. The van der Waals surface area contributed by atoms with E-state index >= 15 is 0 Å². The first-order valence-corrected chi connectivity index (χ1v) is 11.9. The Morgan fingerprint density at radius 1 is 1.06 bits per heavy atom. The predicted molar refractivity (Wildman–Crippen MR) is 128 cm³/mol. The van der Waals surface area contributed by atoms with Gasteiger partial charge in [0.15, 0.2) is 10.8 Å². The molecule has 0 bridgehead atoms. The highest BCUT2D eigenvalue weighted by Gasteiger charge is 2.31. The highest BCUT2D eigenvalue weighted by molar-refractivity contribution is 7.98. The third-order valence-corrected chi connectivity index (χ3v) is 7.10. The molecule has 0 radical (unpaired) electrons. The molecular formula is C26H25N3O2S. The van der Waals surface area contributed by atoms with Crippen LogP contribution in [-0.2, 0) is 23.5 Å². The quantitative estimate of drug-likeness (QED) is 0.309. The maximum atomic E-state index is 13.7. The summed E-state index contributed by atoms with van der Waals surface area (Å²) in [5.74, 6) is 0.721. The summed E-state index contributed by atoms with van der Waals surface area (Å²) in [5.41, 5.74) is 4.13. The molecule has 0 saturated carbocycles. The lowest BCUT2D eigenvalue weighted by atomic mass is 9.91. The Hall–Kier alpha value is -2.96. The standard InChI is InChI=1S/C26H25N3O2S/c1-3-26(2)15-22-19(16-31-26)14-21-23(27-22)28-25(32-17-18-10-6-4-7-11-18)29(24(21)30)20-12-8-5-9-13-20/h4-14H,3,15-17H2,1-2H3/t26-/m0/s1. The van der Waals surface area contributed by atoms with E-state index in [1.807, 2.05) is 54.6 Å². The van der Waals surface area contributed by atoms with Gasteiger partial charge in [-0.15, -0.1) is 0 Å². The van der Waals surface area contributed by atoms with E-state index in [1.165, 1.54) is 5.56 Å². The molecule has 0 N–H and O–H groups in total. The van der Waals surface area contributed by atoms with Gasteiger partial charge in [0, 0.05) is 17.7 Å². The molecule has 1 atom stereocenters. The largest absolute Gasteiger partial charge is 0.370 e. The molecule has 2 aromatic heterocycles. The molecule has 32 heavy (non-hydrogen) atoms. The number of nitrogens with zero attached hydrogens (tertiary/aromatic N) is 3. The summed E-state index contributed by atoms with van der Waals surface area (Å²) < 4.78 is 7.78. The Bertz CT molecular complexity index is 1320. The van der Waals surface area contributed by atoms with Gasteiger partial charge < -0.3 is 4.74 Å². The zero-order valence-electron chi connectivity index (χ0n) is 18.2. The molecule has 6 heteroatoms. The minimum atomic E-state index is -0.225. The Morgan fingerprint density at radius 2 is 1.78 bits per heavy atom. The summed E-state index contributed by atoms with van der Waals surface area (Å²) in [4.78, 5) is 23.4. The summed E-state index contributed by atoms with van der Waals surface area (Å²) in [6, 6.07) is 21.8. The maximum Gasteiger partial charge on any atom is 0.268 e. The SMILES string of the molecule is CC[C@@]1(C)Cc2nc3nc(SCc4ccccc4)n(-c4ccccc4)c(=O)c3cc2CO1. The molecule has 1 aliphatic heterocycles. The molecule has 0 unspecified atom stereocenters. The lowest BCUT2D eigenvalue weighted by molar-refractivity contribution is -0.0573. The van der Waals surface area contributed by atoms with Crippen molar-refractivity contribution < 1.29 is 4.74 Å². The van der Waals surface area contributed by atoms with Crippen molar-refractivity contribution in [3.63, 3.8) is 0 Å². The summed E-state index contributed by atoms with van der Waals surface area (Å²) >= 11 is 1.55. The van der Waals surface area contributed by atoms with Gasteiger partial charge in [0.2, 0.25) is 0 Å². The smallest absolute Gasteiger partial charge is 0.268 e. The highest BCUT2D eigenvalue weighted by atomic mass is 32.2. The van der Waals surface area contributed by atoms with Crippen LogP contribution in [0.5, 0.6) is 0 Å². The fourth-order valence-electron chi connectivity index (χ4n) is 3.96. The number of thioether (sulfide) groups is 1. The van der Waals surface area contributed by atoms with Gasteiger partial charge in [-0.3, -0.25) is 9.36 Å². The van der Waals surface area contributed by atoms with Crippen LogP contribution in [0, 0.1) is 0 Å². The van der Waals surface area contributed by atoms with Gasteiger partial charge in [0.25, 0.3) is 5.56 Å². The van der Waals surface area contributed by atoms with Gasteiger partial charge in [-0.25, -0.2) is 9.97 Å². The molecule has 4 aromatic rings. The van der Waals surface area contributed by atoms with Gasteiger partial charge in [-0.2, -0.15) is 0 Å². The summed E-state index contributed by atoms with van der Waals surface area (Å²) in [6.07, 6.45) is 1.64. The third-order valence-electron chi connectivity index (χ3n) is 6.09. The second-order valence-corrected chi connectivity index (χ2v) is 9.32. The van der Waals surface area contributed by atoms with E-state index in [1.54, 1.807) is 16.3 Å². The molecule has 5 rings (SSSR count). The molecule has 2 aromatic carbocycles. The fraction of sp³-hybridized carbons (Fsp3) is 0.269. The van der Waals surface area contributed by atoms with Crippen LogP contribution in [-0.4, -0.2) is 20.1 Å². The van der Waals surface area contributed by atoms with Gasteiger partial charge in [0.1, 0.15) is 0 Å². The second kappa shape index (κ2) is 8.52. The number of hydrogen-bond acceptors (Lipinski definition) is 5. The van der Waals surface area contributed by atoms with Crippen molar-refractivity contribution in [2.45, 2.75) is 49.8 Å². The number of aromatic nitrogens is 3. The normalized spacial score (nSPS) is 17.9. The molecule has 0 spiro atoms. The average molecular weight is 444 g/mol. The van der Waals surface area contributed by atoms with Crippen LogP contribution in [0.2, 0.25) is 0 Å². The first-order valence-electron chi connectivity index (χ1n) is 10.9. The van der Waals surface area contributed by atoms with Crippen molar-refractivity contribution in [1.29, 1.82) is 0 Å². The zero-order chi connectivity index (χ0) is 22.1. The molecule has 0 amide bonds. The first-order chi connectivity index (χ1) is 15.6. The Morgan fingerprint density at radius 3 is 2.50 bits per heavy atom. The van der Waals surface area contributed by atoms with Gasteiger partial charge in [0.05, 0.1) is 29.0 Å². The summed E-state index contributed by atoms with van der Waals surface area (Å²) in [5, 5.41) is 1.18. The lowest BCUT2D eigenvalue weighted by Gasteiger charge is -2.33. The predicted octanol–water partition coefficient (Wildman–Crippen LogP) is 5.31. The summed E-state index contributed by atoms with van der Waals surface area (Å²) in [6.45, 7) is 4.71. The van der Waals surface area contributed by atoms with E-state index in [0.717, 1.165) is 35.5 Å². The average Bonchev–Trinajstić information content (AvgIpc) is 2.83. The third kappa shape index (κ3) is 3.96. The van der Waals surface area contributed by atoms with Crippen molar-refractivity contribution >= 4 is 22.8 Å². The first kappa shape index (κ1) is 20.9. The Balaban J connectivity index is 1.65. The molecule has 0 fully saturated rings. The number of benzene rings is 2. The van der Waals surface area contributed by atoms with Crippen molar-refractivity contribution in [3.8, 4) is 5.69 Å². The van der Waals surface area contributed by atoms with Crippen LogP contribution in [0.4, 0.5) is 0 Å². The molecular weight excluding hydrogens is 418 g/mol. The number of hydrogen-bond donors (Lipinski definition) is 0. The van der Waals surface area contributed by atoms with Crippen LogP contribution in [0.1, 0.15) is 37.1 Å². The van der Waals surface area contributed by atoms with Crippen LogP contribution in [0.25, 0.3) is 16.7 Å². The van der Waals surface area contributed by atoms with E-state index in [-0.39, 0.29) is 11.2 Å². The number of para-hydroxylation sites is 1. The van der Waals surface area contributed by atoms with Crippen LogP contribution >= 0.6 is 11.8 Å². The van der Waals surface area contributed by atoms with Crippen molar-refractivity contribution in [1.82, 2.24) is 14.5 Å². The number of pyridine rings is 1. The monoisotopic (exact) mass is 443 g/mol. The van der Waals surface area contributed by atoms with Crippen LogP contribution < -0.4 is 5.56 Å². The molecule has 3 heterocycles. The van der Waals surface area contributed by atoms with Crippen LogP contribution in [0.3, 0.4) is 0 Å². The molecule has 5 nitrogen and oxygen atoms in total. The highest BCUT2D eigenvalue weighted by Crippen LogP contribution is 2.31. The Labute approximate surface area is 191 Å². The van der Waals surface area contributed by atoms with E-state index in [4.69, 9.17) is 14.7 Å². The van der Waals surface area contributed by atoms with E-state index < -0.39 is 0 Å². The molecule has 1 aliphatic rings. The fourth-order valence-corrected chi connectivity index (χ4v) is 4.92. The van der Waals surface area contributed by atoms with Crippen molar-refractivity contribution in [2.75, 3.05) is 0 Å². The van der Waals surface area contributed by atoms with Gasteiger partial charge in [-0.05, 0) is 37.1 Å². The lowest BCUT2D eigenvalue weighted by Crippen LogP contribution is -2.35. The van der Waals surface area contributed by atoms with E-state index in [9.17, 15) is 4.79 Å². The zero-order valence-corrected chi connectivity index (χ0v) is 19.1. The minimum absolute atomic E-state index is 0.101. The summed E-state index contributed by atoms with van der Waals surface area (Å²) in [7, 11) is 0. The second-order valence-electron chi connectivity index (χ2n) is 8.38. The number of ether oxygens (including phenoxy) is 1. The minimum Gasteiger partial charge on any atom is -0.370 e. The topological polar surface area (TPSA) is 57.0 Å². The van der Waals surface area contributed by atoms with Gasteiger partial charge >= 0.3 is 0 Å². The molecule has 0 aliphatic carbocycles. The van der Waals surface area contributed by atoms with Gasteiger partial charge in [-0.1, -0.05) is 67.2 Å². The van der Waals surface area contributed by atoms with Crippen molar-refractivity contribution in [2.24, 2.45) is 0 Å². The van der Waals surface area contributed by atoms with Crippen molar-refractivity contribution in [3.05, 3.63) is 93.9 Å². The van der Waals surface area contributed by atoms with E-state index in [0.29, 0.717) is 22.8 Å².